The minimum absolute atomic E-state index is 0.0935. The first-order chi connectivity index (χ1) is 8.61. The highest BCUT2D eigenvalue weighted by Gasteiger charge is 2.10. The number of rotatable bonds is 3. The molecule has 0 aliphatic rings. The zero-order chi connectivity index (χ0) is 13.1. The van der Waals surface area contributed by atoms with Gasteiger partial charge in [-0.15, -0.1) is 0 Å². The normalized spacial score (nSPS) is 12.3. The van der Waals surface area contributed by atoms with Crippen molar-refractivity contribution in [3.8, 4) is 0 Å². The minimum atomic E-state index is -1.45. The fourth-order valence-corrected chi connectivity index (χ4v) is 3.75. The highest BCUT2D eigenvalue weighted by molar-refractivity contribution is 8.02. The third-order valence-electron chi connectivity index (χ3n) is 2.26. The Hall–Kier alpha value is -0.610. The Labute approximate surface area is 118 Å². The van der Waals surface area contributed by atoms with Crippen LogP contribution in [0.2, 0.25) is 0 Å². The van der Waals surface area contributed by atoms with Crippen LogP contribution in [0, 0.1) is 0 Å². The summed E-state index contributed by atoms with van der Waals surface area (Å²) >= 11 is 12.9. The van der Waals surface area contributed by atoms with Crippen molar-refractivity contribution in [1.29, 1.82) is 0 Å². The number of esters is 1. The number of carbonyl (C=O) groups is 1. The Balaban J connectivity index is 2.61. The maximum atomic E-state index is 11.4. The molecular weight excluding hydrogens is 314 g/mol. The van der Waals surface area contributed by atoms with E-state index in [4.69, 9.17) is 22.5 Å². The van der Waals surface area contributed by atoms with Crippen molar-refractivity contribution < 1.29 is 9.53 Å². The number of ether oxygens (including phenoxy) is 1. The summed E-state index contributed by atoms with van der Waals surface area (Å²) in [6, 6.07) is 7.70. The number of thiazole rings is 1. The second-order valence-electron chi connectivity index (χ2n) is 3.33. The van der Waals surface area contributed by atoms with Crippen molar-refractivity contribution >= 4 is 56.8 Å². The number of carbonyl (C=O) groups excluding carboxylic acids is 1. The Morgan fingerprint density at radius 2 is 2.22 bits per heavy atom. The summed E-state index contributed by atoms with van der Waals surface area (Å²) < 4.78 is 11.6. The second kappa shape index (κ2) is 6.02. The van der Waals surface area contributed by atoms with E-state index in [0.29, 0.717) is 4.80 Å². The lowest BCUT2D eigenvalue weighted by molar-refractivity contribution is -0.141. The van der Waals surface area contributed by atoms with Gasteiger partial charge in [0.1, 0.15) is 6.54 Å². The molecule has 0 amide bonds. The molecule has 0 saturated carbocycles. The summed E-state index contributed by atoms with van der Waals surface area (Å²) in [6.07, 6.45) is 0. The van der Waals surface area contributed by atoms with E-state index in [1.54, 1.807) is 4.57 Å². The number of halogens is 2. The van der Waals surface area contributed by atoms with Crippen molar-refractivity contribution in [1.82, 2.24) is 4.57 Å². The van der Waals surface area contributed by atoms with Gasteiger partial charge in [0.2, 0.25) is 6.78 Å². The fraction of sp³-hybridized carbons (Fsp3) is 0.200. The first kappa shape index (κ1) is 13.8. The van der Waals surface area contributed by atoms with Crippen LogP contribution in [0.4, 0.5) is 0 Å². The topological polar surface area (TPSA) is 43.6 Å². The zero-order valence-electron chi connectivity index (χ0n) is 9.34. The molecule has 4 nitrogen and oxygen atoms in total. The van der Waals surface area contributed by atoms with Gasteiger partial charge in [0.05, 0.1) is 17.3 Å². The molecule has 18 heavy (non-hydrogen) atoms. The monoisotopic (exact) mass is 322 g/mol. The number of benzene rings is 1. The molecule has 0 aliphatic carbocycles. The Kier molecular flexibility index (Phi) is 4.62. The number of methoxy groups -OCH3 is 1. The van der Waals surface area contributed by atoms with Gasteiger partial charge in [-0.1, -0.05) is 46.0 Å². The first-order valence-electron chi connectivity index (χ1n) is 4.93. The quantitative estimate of drug-likeness (QED) is 0.641. The van der Waals surface area contributed by atoms with Gasteiger partial charge in [-0.2, -0.15) is 0 Å². The molecule has 1 aromatic heterocycles. The SMILES string of the molecule is COC(=O)Cn1c(=NP(Cl)Cl)sc2ccccc21. The highest BCUT2D eigenvalue weighted by Crippen LogP contribution is 2.47. The summed E-state index contributed by atoms with van der Waals surface area (Å²) in [5.41, 5.74) is 0.914. The molecule has 0 saturated heterocycles. The van der Waals surface area contributed by atoms with Crippen molar-refractivity contribution in [3.63, 3.8) is 0 Å². The largest absolute Gasteiger partial charge is 0.468 e. The van der Waals surface area contributed by atoms with E-state index >= 15 is 0 Å². The van der Waals surface area contributed by atoms with E-state index < -0.39 is 6.78 Å². The molecule has 0 spiro atoms. The third kappa shape index (κ3) is 3.04. The maximum Gasteiger partial charge on any atom is 0.325 e. The molecule has 0 N–H and O–H groups in total. The summed E-state index contributed by atoms with van der Waals surface area (Å²) in [6.45, 7) is -1.36. The standard InChI is InChI=1S/C10H9Cl2N2O2PS/c1-16-9(15)6-14-7-4-2-3-5-8(7)18-10(14)13-17(11)12/h2-5H,6H2,1H3. The predicted molar refractivity (Wildman–Crippen MR) is 76.0 cm³/mol. The minimum Gasteiger partial charge on any atom is -0.468 e. The van der Waals surface area contributed by atoms with Crippen LogP contribution < -0.4 is 4.80 Å². The molecule has 1 aromatic carbocycles. The molecule has 96 valence electrons. The van der Waals surface area contributed by atoms with E-state index in [9.17, 15) is 4.79 Å². The van der Waals surface area contributed by atoms with Crippen LogP contribution in [0.1, 0.15) is 0 Å². The molecule has 0 bridgehead atoms. The molecule has 2 aromatic rings. The smallest absolute Gasteiger partial charge is 0.325 e. The summed E-state index contributed by atoms with van der Waals surface area (Å²) in [4.78, 5) is 12.0. The van der Waals surface area contributed by atoms with Crippen LogP contribution in [0.25, 0.3) is 10.2 Å². The van der Waals surface area contributed by atoms with E-state index in [1.165, 1.54) is 18.4 Å². The van der Waals surface area contributed by atoms with E-state index in [0.717, 1.165) is 10.2 Å². The van der Waals surface area contributed by atoms with Crippen LogP contribution >= 0.6 is 40.6 Å². The molecular formula is C10H9Cl2N2O2PS. The van der Waals surface area contributed by atoms with Crippen molar-refractivity contribution in [2.75, 3.05) is 7.11 Å². The van der Waals surface area contributed by atoms with Crippen molar-refractivity contribution in [2.45, 2.75) is 6.54 Å². The Bertz CT molecular complexity index is 638. The molecule has 2 rings (SSSR count). The van der Waals surface area contributed by atoms with Crippen molar-refractivity contribution in [3.05, 3.63) is 29.1 Å². The molecule has 0 aliphatic heterocycles. The Morgan fingerprint density at radius 3 is 2.89 bits per heavy atom. The van der Waals surface area contributed by atoms with Crippen LogP contribution in [0.3, 0.4) is 0 Å². The van der Waals surface area contributed by atoms with Gasteiger partial charge in [-0.05, 0) is 12.1 Å². The van der Waals surface area contributed by atoms with Crippen LogP contribution in [0.5, 0.6) is 0 Å². The van der Waals surface area contributed by atoms with Crippen LogP contribution in [-0.2, 0) is 16.1 Å². The lowest BCUT2D eigenvalue weighted by atomic mass is 10.3. The second-order valence-corrected chi connectivity index (χ2v) is 7.41. The van der Waals surface area contributed by atoms with Gasteiger partial charge in [-0.25, -0.2) is 4.76 Å². The molecule has 0 unspecified atom stereocenters. The van der Waals surface area contributed by atoms with Gasteiger partial charge in [0.15, 0.2) is 4.80 Å². The number of nitrogens with zero attached hydrogens (tertiary/aromatic N) is 2. The number of hydrogen-bond donors (Lipinski definition) is 0. The summed E-state index contributed by atoms with van der Waals surface area (Å²) in [7, 11) is 1.35. The highest BCUT2D eigenvalue weighted by atomic mass is 35.9. The van der Waals surface area contributed by atoms with Crippen molar-refractivity contribution in [2.24, 2.45) is 4.76 Å². The summed E-state index contributed by atoms with van der Waals surface area (Å²) in [5, 5.41) is 0. The van der Waals surface area contributed by atoms with Gasteiger partial charge in [0, 0.05) is 0 Å². The molecule has 8 heteroatoms. The lowest BCUT2D eigenvalue weighted by Crippen LogP contribution is -2.20. The molecule has 0 fully saturated rings. The van der Waals surface area contributed by atoms with Crippen LogP contribution in [-0.4, -0.2) is 17.6 Å². The van der Waals surface area contributed by atoms with Gasteiger partial charge >= 0.3 is 5.97 Å². The van der Waals surface area contributed by atoms with E-state index in [-0.39, 0.29) is 12.5 Å². The third-order valence-corrected chi connectivity index (χ3v) is 4.25. The first-order valence-corrected chi connectivity index (χ1v) is 8.85. The van der Waals surface area contributed by atoms with E-state index in [1.807, 2.05) is 24.3 Å². The molecule has 0 radical (unpaired) electrons. The number of hydrogen-bond acceptors (Lipinski definition) is 4. The molecule has 1 heterocycles. The molecule has 0 atom stereocenters. The number of para-hydroxylation sites is 1. The van der Waals surface area contributed by atoms with Gasteiger partial charge < -0.3 is 9.30 Å². The van der Waals surface area contributed by atoms with Gasteiger partial charge in [0.25, 0.3) is 0 Å². The average molecular weight is 323 g/mol. The van der Waals surface area contributed by atoms with Gasteiger partial charge in [-0.3, -0.25) is 4.79 Å². The summed E-state index contributed by atoms with van der Waals surface area (Å²) in [5.74, 6) is -0.339. The fourth-order valence-electron chi connectivity index (χ4n) is 1.51. The number of aromatic nitrogens is 1. The average Bonchev–Trinajstić information content (AvgIpc) is 2.66. The number of fused-ring (bicyclic) bond motifs is 1. The maximum absolute atomic E-state index is 11.4. The van der Waals surface area contributed by atoms with Crippen LogP contribution in [0.15, 0.2) is 29.0 Å². The Morgan fingerprint density at radius 1 is 1.50 bits per heavy atom. The predicted octanol–water partition coefficient (Wildman–Crippen LogP) is 3.48. The van der Waals surface area contributed by atoms with E-state index in [2.05, 4.69) is 9.50 Å². The lowest BCUT2D eigenvalue weighted by Gasteiger charge is -2.03. The zero-order valence-corrected chi connectivity index (χ0v) is 12.6.